The number of halogens is 4. The minimum absolute atomic E-state index is 0.00688. The molecule has 0 bridgehead atoms. The van der Waals surface area contributed by atoms with Crippen LogP contribution in [0, 0.1) is 23.3 Å². The van der Waals surface area contributed by atoms with E-state index in [4.69, 9.17) is 19.4 Å². The van der Waals surface area contributed by atoms with Crippen molar-refractivity contribution in [1.82, 2.24) is 9.97 Å². The van der Waals surface area contributed by atoms with Gasteiger partial charge in [0.05, 0.1) is 31.6 Å². The summed E-state index contributed by atoms with van der Waals surface area (Å²) in [7, 11) is 0. The van der Waals surface area contributed by atoms with Crippen LogP contribution < -0.4 is 0 Å². The van der Waals surface area contributed by atoms with Gasteiger partial charge in [-0.3, -0.25) is 19.2 Å². The number of aromatic nitrogens is 2. The van der Waals surface area contributed by atoms with Crippen molar-refractivity contribution in [2.75, 3.05) is 0 Å². The number of allylic oxidation sites excluding steroid dienone is 2. The number of carbonyl (C=O) groups excluding carboxylic acids is 6. The van der Waals surface area contributed by atoms with E-state index in [1.54, 1.807) is 60.7 Å². The largest absolute Gasteiger partial charge is 0.457 e. The van der Waals surface area contributed by atoms with Crippen molar-refractivity contribution < 1.29 is 55.8 Å². The molecule has 16 heteroatoms. The Kier molecular flexibility index (Phi) is 10.1. The minimum Gasteiger partial charge on any atom is -0.457 e. The summed E-state index contributed by atoms with van der Waals surface area (Å²) in [5, 5.41) is 0.784. The number of carbonyl (C=O) groups is 6. The number of benzene rings is 7. The van der Waals surface area contributed by atoms with Crippen molar-refractivity contribution in [3.8, 4) is 0 Å². The number of hydrogen-bond acceptors (Lipinski definition) is 12. The fourth-order valence-corrected chi connectivity index (χ4v) is 10.4. The van der Waals surface area contributed by atoms with Crippen LogP contribution >= 0.6 is 22.7 Å². The van der Waals surface area contributed by atoms with E-state index >= 15 is 0 Å². The van der Waals surface area contributed by atoms with Gasteiger partial charge >= 0.3 is 11.9 Å². The van der Waals surface area contributed by atoms with E-state index in [1.807, 2.05) is 0 Å². The van der Waals surface area contributed by atoms with Gasteiger partial charge in [0.25, 0.3) is 0 Å². The van der Waals surface area contributed by atoms with E-state index in [1.165, 1.54) is 36.4 Å². The third-order valence-corrected chi connectivity index (χ3v) is 13.6. The van der Waals surface area contributed by atoms with Gasteiger partial charge in [-0.15, -0.1) is 22.7 Å². The number of hydrogen-bond donors (Lipinski definition) is 0. The lowest BCUT2D eigenvalue weighted by molar-refractivity contribution is 0.0465. The maximum absolute atomic E-state index is 14.4. The van der Waals surface area contributed by atoms with Crippen LogP contribution in [-0.4, -0.2) is 45.0 Å². The maximum Gasteiger partial charge on any atom is 0.342 e. The number of ether oxygens (including phenoxy) is 2. The summed E-state index contributed by atoms with van der Waals surface area (Å²) in [6.45, 7) is -0.375. The molecule has 0 amide bonds. The number of Topliss-reactive ketones (excluding diaryl/α,β-unsaturated/α-hetero) is 4. The first-order chi connectivity index (χ1) is 32.8. The first-order valence-electron chi connectivity index (χ1n) is 20.5. The van der Waals surface area contributed by atoms with Gasteiger partial charge in [-0.2, -0.15) is 0 Å². The zero-order valence-corrected chi connectivity index (χ0v) is 36.1. The van der Waals surface area contributed by atoms with Gasteiger partial charge < -0.3 is 9.47 Å². The van der Waals surface area contributed by atoms with Crippen molar-refractivity contribution in [3.63, 3.8) is 0 Å². The van der Waals surface area contributed by atoms with Gasteiger partial charge in [-0.25, -0.2) is 37.1 Å². The van der Waals surface area contributed by atoms with E-state index in [9.17, 15) is 46.3 Å². The third-order valence-electron chi connectivity index (χ3n) is 11.6. The molecule has 68 heavy (non-hydrogen) atoms. The second kappa shape index (κ2) is 16.2. The van der Waals surface area contributed by atoms with Crippen LogP contribution in [0.4, 0.5) is 17.6 Å². The summed E-state index contributed by atoms with van der Waals surface area (Å²) in [5.41, 5.74) is -0.0520. The topological polar surface area (TPSA) is 147 Å². The Morgan fingerprint density at radius 2 is 0.779 bits per heavy atom. The molecule has 0 unspecified atom stereocenters. The number of esters is 2. The highest BCUT2D eigenvalue weighted by atomic mass is 32.1. The summed E-state index contributed by atoms with van der Waals surface area (Å²) in [6.07, 6.45) is 2.41. The Balaban J connectivity index is 1.07. The van der Waals surface area contributed by atoms with Gasteiger partial charge in [-0.05, 0) is 93.4 Å². The molecule has 0 saturated heterocycles. The van der Waals surface area contributed by atoms with E-state index in [0.29, 0.717) is 11.1 Å². The van der Waals surface area contributed by atoms with Crippen LogP contribution in [-0.2, 0) is 22.7 Å². The predicted molar refractivity (Wildman–Crippen MR) is 245 cm³/mol. The first-order valence-corrected chi connectivity index (χ1v) is 22.1. The zero-order valence-electron chi connectivity index (χ0n) is 34.4. The highest BCUT2D eigenvalue weighted by Gasteiger charge is 2.37. The molecule has 0 radical (unpaired) electrons. The molecule has 0 fully saturated rings. The van der Waals surface area contributed by atoms with Gasteiger partial charge in [-0.1, -0.05) is 60.7 Å². The van der Waals surface area contributed by atoms with Crippen molar-refractivity contribution in [2.24, 2.45) is 0 Å². The standard InChI is InChI=1S/C52H24F4N2O8S2/c53-35-15-25-11-29-30(12-26(25)16-36(35)54)46(60)33(45(29)59)19-39-57-43-41(51(63)65-21-23-7-3-1-4-8-23)49-44(42(50(43)68-39)52(64)66-22-24-9-5-2-6-10-24)58-40(67-49)20-34-47(61)31-13-27-17-37(55)38(56)18-28(27)14-32(31)48(34)62/h1-20H,21-22H2. The average Bonchev–Trinajstić information content (AvgIpc) is 4.06. The lowest BCUT2D eigenvalue weighted by Crippen LogP contribution is -2.10. The second-order valence-electron chi connectivity index (χ2n) is 15.8. The second-order valence-corrected chi connectivity index (χ2v) is 17.8. The molecule has 0 atom stereocenters. The van der Waals surface area contributed by atoms with Crippen LogP contribution in [0.2, 0.25) is 0 Å². The molecule has 0 N–H and O–H groups in total. The molecule has 2 heterocycles. The Hall–Kier alpha value is -8.34. The highest BCUT2D eigenvalue weighted by molar-refractivity contribution is 7.21. The van der Waals surface area contributed by atoms with Gasteiger partial charge in [0.15, 0.2) is 46.4 Å². The average molecular weight is 945 g/mol. The van der Waals surface area contributed by atoms with Crippen molar-refractivity contribution in [2.45, 2.75) is 13.2 Å². The molecule has 0 saturated carbocycles. The smallest absolute Gasteiger partial charge is 0.342 e. The molecule has 2 aromatic heterocycles. The minimum atomic E-state index is -1.13. The molecule has 2 aliphatic carbocycles. The molecular weight excluding hydrogens is 921 g/mol. The van der Waals surface area contributed by atoms with Crippen LogP contribution in [0.3, 0.4) is 0 Å². The number of fused-ring (bicyclic) bond motifs is 6. The molecule has 11 rings (SSSR count). The molecule has 9 aromatic rings. The maximum atomic E-state index is 14.4. The van der Waals surface area contributed by atoms with Crippen LogP contribution in [0.5, 0.6) is 0 Å². The van der Waals surface area contributed by atoms with Gasteiger partial charge in [0, 0.05) is 22.3 Å². The Labute approximate surface area is 387 Å². The number of ketones is 4. The zero-order chi connectivity index (χ0) is 47.1. The lowest BCUT2D eigenvalue weighted by Gasteiger charge is -2.10. The Morgan fingerprint density at radius 1 is 0.471 bits per heavy atom. The lowest BCUT2D eigenvalue weighted by atomic mass is 10.0. The van der Waals surface area contributed by atoms with E-state index in [2.05, 4.69) is 0 Å². The summed E-state index contributed by atoms with van der Waals surface area (Å²) in [5.74, 6) is -9.20. The third kappa shape index (κ3) is 7.08. The van der Waals surface area contributed by atoms with Crippen LogP contribution in [0.15, 0.2) is 120 Å². The molecule has 7 aromatic carbocycles. The van der Waals surface area contributed by atoms with Crippen molar-refractivity contribution in [1.29, 1.82) is 0 Å². The van der Waals surface area contributed by atoms with Crippen LogP contribution in [0.1, 0.15) is 83.3 Å². The molecule has 0 aliphatic heterocycles. The van der Waals surface area contributed by atoms with Gasteiger partial charge in [0.1, 0.15) is 34.4 Å². The van der Waals surface area contributed by atoms with E-state index in [-0.39, 0.29) is 110 Å². The molecule has 0 spiro atoms. The molecular formula is C52H24F4N2O8S2. The Morgan fingerprint density at radius 3 is 1.09 bits per heavy atom. The van der Waals surface area contributed by atoms with Crippen molar-refractivity contribution >= 4 is 112 Å². The summed E-state index contributed by atoms with van der Waals surface area (Å²) < 4.78 is 68.4. The summed E-state index contributed by atoms with van der Waals surface area (Å²) >= 11 is 1.67. The number of nitrogens with zero attached hydrogens (tertiary/aromatic N) is 2. The highest BCUT2D eigenvalue weighted by Crippen LogP contribution is 2.42. The van der Waals surface area contributed by atoms with E-state index < -0.39 is 58.3 Å². The first kappa shape index (κ1) is 42.3. The Bertz CT molecular complexity index is 3430. The number of thiazole rings is 2. The SMILES string of the molecule is O=C1C(=Cc2nc3c(C(=O)OCc4ccccc4)c4sc(C=C5C(=O)c6cc7cc(F)c(F)cc7cc6C5=O)nc4c(C(=O)OCc4ccccc4)c3s2)C(=O)c2cc3cc(F)c(F)cc3cc21. The molecule has 2 aliphatic rings. The molecule has 330 valence electrons. The monoisotopic (exact) mass is 944 g/mol. The predicted octanol–water partition coefficient (Wildman–Crippen LogP) is 11.4. The van der Waals surface area contributed by atoms with Gasteiger partial charge in [0.2, 0.25) is 0 Å². The normalized spacial score (nSPS) is 13.3. The molecule has 10 nitrogen and oxygen atoms in total. The summed E-state index contributed by atoms with van der Waals surface area (Å²) in [4.78, 5) is 93.6. The fourth-order valence-electron chi connectivity index (χ4n) is 8.29. The quantitative estimate of drug-likeness (QED) is 0.0624. The van der Waals surface area contributed by atoms with E-state index in [0.717, 1.165) is 46.9 Å². The summed E-state index contributed by atoms with van der Waals surface area (Å²) in [6, 6.07) is 26.4. The fraction of sp³-hybridized carbons (Fsp3) is 0.0385. The van der Waals surface area contributed by atoms with Crippen molar-refractivity contribution in [3.05, 3.63) is 198 Å². The van der Waals surface area contributed by atoms with Crippen LogP contribution in [0.25, 0.3) is 54.1 Å². The number of rotatable bonds is 8.